The van der Waals surface area contributed by atoms with Gasteiger partial charge in [0.05, 0.1) is 37.0 Å². The number of nitrogens with zero attached hydrogens (tertiary/aromatic N) is 1. The number of rotatable bonds is 5. The maximum atomic E-state index is 12.8. The minimum absolute atomic E-state index is 0.0456. The Morgan fingerprint density at radius 2 is 1.67 bits per heavy atom. The Hall–Kier alpha value is -3.68. The number of aryl methyl sites for hydroxylation is 1. The third kappa shape index (κ3) is 4.32. The van der Waals surface area contributed by atoms with Crippen LogP contribution in [0.3, 0.4) is 0 Å². The average Bonchev–Trinajstić information content (AvgIpc) is 3.14. The number of hydrogen-bond acceptors (Lipinski definition) is 6. The molecular formula is C22H22N2O6. The van der Waals surface area contributed by atoms with Crippen LogP contribution in [0, 0.1) is 12.8 Å². The molecule has 2 aromatic carbocycles. The molecule has 1 fully saturated rings. The summed E-state index contributed by atoms with van der Waals surface area (Å²) in [5.41, 5.74) is 2.18. The number of anilines is 2. The zero-order valence-corrected chi connectivity index (χ0v) is 16.9. The maximum Gasteiger partial charge on any atom is 0.339 e. The molecule has 1 aliphatic heterocycles. The summed E-state index contributed by atoms with van der Waals surface area (Å²) in [4.78, 5) is 50.7. The lowest BCUT2D eigenvalue weighted by atomic mass is 10.1. The number of esters is 2. The van der Waals surface area contributed by atoms with Crippen LogP contribution in [0.2, 0.25) is 0 Å². The quantitative estimate of drug-likeness (QED) is 0.760. The van der Waals surface area contributed by atoms with E-state index in [-0.39, 0.29) is 35.7 Å². The van der Waals surface area contributed by atoms with Crippen molar-refractivity contribution in [1.82, 2.24) is 0 Å². The summed E-state index contributed by atoms with van der Waals surface area (Å²) < 4.78 is 9.43. The van der Waals surface area contributed by atoms with E-state index in [9.17, 15) is 19.2 Å². The van der Waals surface area contributed by atoms with Gasteiger partial charge < -0.3 is 19.7 Å². The first kappa shape index (κ1) is 21.0. The summed E-state index contributed by atoms with van der Waals surface area (Å²) in [5.74, 6) is -2.46. The number of benzene rings is 2. The number of carbonyl (C=O) groups is 4. The van der Waals surface area contributed by atoms with Gasteiger partial charge in [-0.05, 0) is 37.3 Å². The van der Waals surface area contributed by atoms with E-state index < -0.39 is 23.8 Å². The number of carbonyl (C=O) groups excluding carboxylic acids is 4. The average molecular weight is 410 g/mol. The molecular weight excluding hydrogens is 388 g/mol. The van der Waals surface area contributed by atoms with Crippen molar-refractivity contribution in [3.63, 3.8) is 0 Å². The van der Waals surface area contributed by atoms with E-state index in [1.54, 1.807) is 4.90 Å². The fourth-order valence-electron chi connectivity index (χ4n) is 3.27. The predicted octanol–water partition coefficient (Wildman–Crippen LogP) is 2.56. The summed E-state index contributed by atoms with van der Waals surface area (Å²) >= 11 is 0. The molecule has 2 amide bonds. The van der Waals surface area contributed by atoms with Gasteiger partial charge >= 0.3 is 11.9 Å². The molecule has 0 radical (unpaired) electrons. The zero-order valence-electron chi connectivity index (χ0n) is 16.9. The molecule has 0 unspecified atom stereocenters. The number of ether oxygens (including phenoxy) is 2. The van der Waals surface area contributed by atoms with Gasteiger partial charge in [-0.1, -0.05) is 17.7 Å². The molecule has 1 atom stereocenters. The summed E-state index contributed by atoms with van der Waals surface area (Å²) in [5, 5.41) is 2.66. The highest BCUT2D eigenvalue weighted by atomic mass is 16.5. The summed E-state index contributed by atoms with van der Waals surface area (Å²) in [6.07, 6.45) is 0.0456. The summed E-state index contributed by atoms with van der Waals surface area (Å²) in [6.45, 7) is 2.17. The van der Waals surface area contributed by atoms with Gasteiger partial charge in [-0.3, -0.25) is 9.59 Å². The highest BCUT2D eigenvalue weighted by Crippen LogP contribution is 2.27. The lowest BCUT2D eigenvalue weighted by Gasteiger charge is -2.17. The van der Waals surface area contributed by atoms with E-state index >= 15 is 0 Å². The van der Waals surface area contributed by atoms with Crippen LogP contribution in [0.5, 0.6) is 0 Å². The molecule has 156 valence electrons. The minimum Gasteiger partial charge on any atom is -0.465 e. The van der Waals surface area contributed by atoms with Crippen molar-refractivity contribution in [3.8, 4) is 0 Å². The first-order chi connectivity index (χ1) is 14.3. The SMILES string of the molecule is COC(=O)c1ccc(C(=O)OC)c(NC(=O)[C@@H]2CC(=O)N(c3ccc(C)cc3)C2)c1. The van der Waals surface area contributed by atoms with Crippen molar-refractivity contribution in [3.05, 3.63) is 59.2 Å². The number of hydrogen-bond donors (Lipinski definition) is 1. The van der Waals surface area contributed by atoms with Crippen molar-refractivity contribution < 1.29 is 28.7 Å². The molecule has 0 saturated carbocycles. The maximum absolute atomic E-state index is 12.8. The number of methoxy groups -OCH3 is 2. The van der Waals surface area contributed by atoms with Crippen molar-refractivity contribution in [2.75, 3.05) is 31.0 Å². The second kappa shape index (κ2) is 8.77. The molecule has 8 heteroatoms. The van der Waals surface area contributed by atoms with Crippen LogP contribution in [-0.4, -0.2) is 44.5 Å². The van der Waals surface area contributed by atoms with Crippen molar-refractivity contribution in [1.29, 1.82) is 0 Å². The van der Waals surface area contributed by atoms with Crippen molar-refractivity contribution >= 4 is 35.1 Å². The largest absolute Gasteiger partial charge is 0.465 e. The molecule has 1 saturated heterocycles. The fourth-order valence-corrected chi connectivity index (χ4v) is 3.27. The summed E-state index contributed by atoms with van der Waals surface area (Å²) in [7, 11) is 2.45. The Kier molecular flexibility index (Phi) is 6.15. The van der Waals surface area contributed by atoms with Gasteiger partial charge in [-0.15, -0.1) is 0 Å². The van der Waals surface area contributed by atoms with Crippen LogP contribution in [0.4, 0.5) is 11.4 Å². The molecule has 0 aromatic heterocycles. The second-order valence-electron chi connectivity index (χ2n) is 6.97. The molecule has 0 spiro atoms. The van der Waals surface area contributed by atoms with E-state index in [0.29, 0.717) is 0 Å². The Morgan fingerprint density at radius 1 is 1.00 bits per heavy atom. The monoisotopic (exact) mass is 410 g/mol. The van der Waals surface area contributed by atoms with Crippen LogP contribution in [-0.2, 0) is 19.1 Å². The normalized spacial score (nSPS) is 15.6. The van der Waals surface area contributed by atoms with E-state index in [1.165, 1.54) is 32.4 Å². The van der Waals surface area contributed by atoms with Crippen LogP contribution in [0.25, 0.3) is 0 Å². The van der Waals surface area contributed by atoms with Crippen LogP contribution >= 0.6 is 0 Å². The lowest BCUT2D eigenvalue weighted by molar-refractivity contribution is -0.122. The Balaban J connectivity index is 1.81. The Morgan fingerprint density at radius 3 is 2.30 bits per heavy atom. The third-order valence-electron chi connectivity index (χ3n) is 4.95. The topological polar surface area (TPSA) is 102 Å². The first-order valence-electron chi connectivity index (χ1n) is 9.32. The molecule has 2 aromatic rings. The minimum atomic E-state index is -0.662. The molecule has 1 heterocycles. The van der Waals surface area contributed by atoms with E-state index in [4.69, 9.17) is 4.74 Å². The van der Waals surface area contributed by atoms with Crippen molar-refractivity contribution in [2.45, 2.75) is 13.3 Å². The molecule has 0 bridgehead atoms. The van der Waals surface area contributed by atoms with Gasteiger partial charge in [-0.2, -0.15) is 0 Å². The van der Waals surface area contributed by atoms with Crippen LogP contribution in [0.1, 0.15) is 32.7 Å². The number of nitrogens with one attached hydrogen (secondary N) is 1. The first-order valence-corrected chi connectivity index (χ1v) is 9.32. The Labute approximate surface area is 173 Å². The molecule has 1 aliphatic rings. The highest BCUT2D eigenvalue weighted by Gasteiger charge is 2.35. The molecule has 0 aliphatic carbocycles. The molecule has 3 rings (SSSR count). The lowest BCUT2D eigenvalue weighted by Crippen LogP contribution is -2.28. The fraction of sp³-hybridized carbons (Fsp3) is 0.273. The third-order valence-corrected chi connectivity index (χ3v) is 4.95. The van der Waals surface area contributed by atoms with E-state index in [1.807, 2.05) is 31.2 Å². The predicted molar refractivity (Wildman–Crippen MR) is 109 cm³/mol. The zero-order chi connectivity index (χ0) is 21.8. The highest BCUT2D eigenvalue weighted by molar-refractivity contribution is 6.07. The van der Waals surface area contributed by atoms with Gasteiger partial charge in [0, 0.05) is 18.7 Å². The van der Waals surface area contributed by atoms with Crippen LogP contribution in [0.15, 0.2) is 42.5 Å². The molecule has 30 heavy (non-hydrogen) atoms. The molecule has 8 nitrogen and oxygen atoms in total. The van der Waals surface area contributed by atoms with Gasteiger partial charge in [-0.25, -0.2) is 9.59 Å². The Bertz CT molecular complexity index is 999. The van der Waals surface area contributed by atoms with Gasteiger partial charge in [0.25, 0.3) is 0 Å². The second-order valence-corrected chi connectivity index (χ2v) is 6.97. The van der Waals surface area contributed by atoms with Gasteiger partial charge in [0.2, 0.25) is 11.8 Å². The smallest absolute Gasteiger partial charge is 0.339 e. The summed E-state index contributed by atoms with van der Waals surface area (Å²) in [6, 6.07) is 11.6. The van der Waals surface area contributed by atoms with Crippen molar-refractivity contribution in [2.24, 2.45) is 5.92 Å². The van der Waals surface area contributed by atoms with Gasteiger partial charge in [0.15, 0.2) is 0 Å². The molecule has 1 N–H and O–H groups in total. The standard InChI is InChI=1S/C22H22N2O6/c1-13-4-7-16(8-5-13)24-12-15(11-19(24)25)20(26)23-18-10-14(21(27)29-2)6-9-17(18)22(28)30-3/h4-10,15H,11-12H2,1-3H3,(H,23,26)/t15-/m1/s1. The van der Waals surface area contributed by atoms with Gasteiger partial charge in [0.1, 0.15) is 0 Å². The van der Waals surface area contributed by atoms with E-state index in [0.717, 1.165) is 11.3 Å². The van der Waals surface area contributed by atoms with E-state index in [2.05, 4.69) is 10.1 Å². The van der Waals surface area contributed by atoms with Crippen LogP contribution < -0.4 is 10.2 Å². The number of amides is 2.